The number of amides is 2. The average molecular weight is 310 g/mol. The van der Waals surface area contributed by atoms with E-state index in [0.29, 0.717) is 16.5 Å². The van der Waals surface area contributed by atoms with Gasteiger partial charge in [-0.25, -0.2) is 4.79 Å². The van der Waals surface area contributed by atoms with Crippen LogP contribution in [0.4, 0.5) is 10.5 Å². The Morgan fingerprint density at radius 2 is 2.19 bits per heavy atom. The molecule has 0 aromatic heterocycles. The molecule has 0 radical (unpaired) electrons. The number of urea groups is 1. The summed E-state index contributed by atoms with van der Waals surface area (Å²) in [6.07, 6.45) is 4.21. The Labute approximate surface area is 129 Å². The van der Waals surface area contributed by atoms with Crippen molar-refractivity contribution in [3.05, 3.63) is 23.2 Å². The van der Waals surface area contributed by atoms with E-state index in [1.165, 1.54) is 6.42 Å². The molecule has 6 heteroatoms. The minimum atomic E-state index is -0.403. The molecule has 0 aliphatic carbocycles. The monoisotopic (exact) mass is 309 g/mol. The van der Waals surface area contributed by atoms with E-state index in [4.69, 9.17) is 16.3 Å². The van der Waals surface area contributed by atoms with Crippen LogP contribution in [0.2, 0.25) is 5.02 Å². The zero-order valence-electron chi connectivity index (χ0n) is 12.4. The van der Waals surface area contributed by atoms with E-state index in [9.17, 15) is 4.79 Å². The van der Waals surface area contributed by atoms with E-state index in [-0.39, 0.29) is 0 Å². The maximum absolute atomic E-state index is 12.1. The van der Waals surface area contributed by atoms with Gasteiger partial charge in [0.15, 0.2) is 0 Å². The Kier molecular flexibility index (Phi) is 5.44. The summed E-state index contributed by atoms with van der Waals surface area (Å²) in [4.78, 5) is 18.3. The first kappa shape index (κ1) is 15.6. The van der Waals surface area contributed by atoms with Crippen molar-refractivity contribution in [2.24, 2.45) is 4.99 Å². The molecule has 0 spiro atoms. The minimum absolute atomic E-state index is 0.403. The van der Waals surface area contributed by atoms with Gasteiger partial charge < -0.3 is 15.0 Å². The lowest BCUT2D eigenvalue weighted by Gasteiger charge is -2.17. The number of aliphatic imine (C=N–C) groups is 1. The molecule has 1 heterocycles. The van der Waals surface area contributed by atoms with Crippen molar-refractivity contribution in [1.29, 1.82) is 0 Å². The van der Waals surface area contributed by atoms with E-state index < -0.39 is 6.03 Å². The van der Waals surface area contributed by atoms with Crippen molar-refractivity contribution in [2.75, 3.05) is 26.0 Å². The van der Waals surface area contributed by atoms with Crippen LogP contribution in [-0.4, -0.2) is 37.5 Å². The number of anilines is 1. The van der Waals surface area contributed by atoms with Crippen molar-refractivity contribution in [1.82, 2.24) is 4.90 Å². The molecule has 2 amide bonds. The van der Waals surface area contributed by atoms with Crippen LogP contribution in [0, 0.1) is 0 Å². The third kappa shape index (κ3) is 4.36. The van der Waals surface area contributed by atoms with Crippen LogP contribution < -0.4 is 10.1 Å². The molecule has 0 unspecified atom stereocenters. The smallest absolute Gasteiger partial charge is 0.347 e. The van der Waals surface area contributed by atoms with Gasteiger partial charge in [0.2, 0.25) is 0 Å². The van der Waals surface area contributed by atoms with Crippen LogP contribution in [0.5, 0.6) is 5.75 Å². The maximum Gasteiger partial charge on any atom is 0.347 e. The first-order valence-electron chi connectivity index (χ1n) is 7.03. The molecule has 1 fully saturated rings. The van der Waals surface area contributed by atoms with Gasteiger partial charge in [-0.05, 0) is 31.0 Å². The second-order valence-electron chi connectivity index (χ2n) is 5.04. The van der Waals surface area contributed by atoms with Crippen molar-refractivity contribution in [3.8, 4) is 5.75 Å². The summed E-state index contributed by atoms with van der Waals surface area (Å²) >= 11 is 5.94. The first-order chi connectivity index (χ1) is 10.1. The Bertz CT molecular complexity index is 546. The highest BCUT2D eigenvalue weighted by molar-refractivity contribution is 6.31. The number of halogens is 1. The number of likely N-dealkylation sites (tertiary alicyclic amines) is 1. The van der Waals surface area contributed by atoms with Crippen LogP contribution in [0.3, 0.4) is 0 Å². The molecule has 21 heavy (non-hydrogen) atoms. The van der Waals surface area contributed by atoms with E-state index in [1.54, 1.807) is 25.3 Å². The number of amidine groups is 1. The van der Waals surface area contributed by atoms with Crippen molar-refractivity contribution >= 4 is 29.2 Å². The number of ether oxygens (including phenoxy) is 1. The van der Waals surface area contributed by atoms with Gasteiger partial charge in [0.05, 0.1) is 12.8 Å². The molecule has 5 nitrogen and oxygen atoms in total. The normalized spacial score (nSPS) is 17.5. The molecule has 1 aliphatic heterocycles. The summed E-state index contributed by atoms with van der Waals surface area (Å²) in [6, 6.07) is 4.67. The number of nitrogens with zero attached hydrogens (tertiary/aromatic N) is 2. The molecule has 114 valence electrons. The van der Waals surface area contributed by atoms with Crippen molar-refractivity contribution < 1.29 is 9.53 Å². The Hall–Kier alpha value is -1.75. The zero-order chi connectivity index (χ0) is 15.2. The van der Waals surface area contributed by atoms with Gasteiger partial charge in [0.25, 0.3) is 0 Å². The summed E-state index contributed by atoms with van der Waals surface area (Å²) in [5, 5.41) is 3.26. The Morgan fingerprint density at radius 3 is 2.95 bits per heavy atom. The predicted molar refractivity (Wildman–Crippen MR) is 85.6 cm³/mol. The molecule has 1 aliphatic rings. The molecule has 1 aromatic carbocycles. The molecule has 1 aromatic rings. The van der Waals surface area contributed by atoms with Gasteiger partial charge in [-0.1, -0.05) is 18.0 Å². The fourth-order valence-electron chi connectivity index (χ4n) is 2.31. The highest BCUT2D eigenvalue weighted by Gasteiger charge is 2.14. The summed E-state index contributed by atoms with van der Waals surface area (Å²) in [5.74, 6) is 1.38. The van der Waals surface area contributed by atoms with Gasteiger partial charge in [0.1, 0.15) is 11.6 Å². The zero-order valence-corrected chi connectivity index (χ0v) is 13.1. The molecule has 1 N–H and O–H groups in total. The molecular weight excluding hydrogens is 290 g/mol. The second-order valence-corrected chi connectivity index (χ2v) is 5.47. The Balaban J connectivity index is 2.12. The van der Waals surface area contributed by atoms with Gasteiger partial charge in [0, 0.05) is 25.0 Å². The van der Waals surface area contributed by atoms with Crippen LogP contribution >= 0.6 is 11.6 Å². The van der Waals surface area contributed by atoms with E-state index in [2.05, 4.69) is 10.3 Å². The molecule has 0 bridgehead atoms. The van der Waals surface area contributed by atoms with Crippen LogP contribution in [-0.2, 0) is 0 Å². The lowest BCUT2D eigenvalue weighted by atomic mass is 10.2. The SMILES string of the molecule is COc1ccc(Cl)cc1NC(=O)/N=C1/CCCCCN1C. The van der Waals surface area contributed by atoms with Gasteiger partial charge in [-0.15, -0.1) is 0 Å². The third-order valence-electron chi connectivity index (χ3n) is 3.47. The number of benzene rings is 1. The molecular formula is C15H20ClN3O2. The van der Waals surface area contributed by atoms with E-state index >= 15 is 0 Å². The summed E-state index contributed by atoms with van der Waals surface area (Å²) < 4.78 is 5.20. The quantitative estimate of drug-likeness (QED) is 0.904. The molecule has 2 rings (SSSR count). The summed E-state index contributed by atoms with van der Waals surface area (Å²) in [7, 11) is 3.52. The summed E-state index contributed by atoms with van der Waals surface area (Å²) in [5.41, 5.74) is 0.524. The van der Waals surface area contributed by atoms with Crippen LogP contribution in [0.1, 0.15) is 25.7 Å². The number of carbonyl (C=O) groups is 1. The largest absolute Gasteiger partial charge is 0.495 e. The van der Waals surface area contributed by atoms with Crippen LogP contribution in [0.25, 0.3) is 0 Å². The average Bonchev–Trinajstić information content (AvgIpc) is 2.64. The number of hydrogen-bond acceptors (Lipinski definition) is 2. The van der Waals surface area contributed by atoms with Crippen molar-refractivity contribution in [2.45, 2.75) is 25.7 Å². The van der Waals surface area contributed by atoms with Gasteiger partial charge in [-0.3, -0.25) is 0 Å². The lowest BCUT2D eigenvalue weighted by Crippen LogP contribution is -2.27. The molecule has 0 saturated carbocycles. The number of nitrogens with one attached hydrogen (secondary N) is 1. The fraction of sp³-hybridized carbons (Fsp3) is 0.467. The Morgan fingerprint density at radius 1 is 1.38 bits per heavy atom. The molecule has 1 saturated heterocycles. The minimum Gasteiger partial charge on any atom is -0.495 e. The van der Waals surface area contributed by atoms with E-state index in [1.807, 2.05) is 11.9 Å². The predicted octanol–water partition coefficient (Wildman–Crippen LogP) is 3.78. The highest BCUT2D eigenvalue weighted by atomic mass is 35.5. The van der Waals surface area contributed by atoms with Crippen molar-refractivity contribution in [3.63, 3.8) is 0 Å². The van der Waals surface area contributed by atoms with Crippen LogP contribution in [0.15, 0.2) is 23.2 Å². The van der Waals surface area contributed by atoms with Gasteiger partial charge in [-0.2, -0.15) is 4.99 Å². The highest BCUT2D eigenvalue weighted by Crippen LogP contribution is 2.27. The number of rotatable bonds is 2. The number of hydrogen-bond donors (Lipinski definition) is 1. The van der Waals surface area contributed by atoms with E-state index in [0.717, 1.165) is 31.6 Å². The fourth-order valence-corrected chi connectivity index (χ4v) is 2.48. The number of methoxy groups -OCH3 is 1. The second kappa shape index (κ2) is 7.31. The van der Waals surface area contributed by atoms with Gasteiger partial charge >= 0.3 is 6.03 Å². The first-order valence-corrected chi connectivity index (χ1v) is 7.41. The standard InChI is InChI=1S/C15H20ClN3O2/c1-19-9-5-3-4-6-14(19)18-15(20)17-12-10-11(16)7-8-13(12)21-2/h7-8,10H,3-6,9H2,1-2H3,(H,17,20)/b18-14-. The number of carbonyl (C=O) groups excluding carboxylic acids is 1. The summed E-state index contributed by atoms with van der Waals surface area (Å²) in [6.45, 7) is 0.937. The molecule has 0 atom stereocenters. The maximum atomic E-state index is 12.1. The lowest BCUT2D eigenvalue weighted by molar-refractivity contribution is 0.259. The third-order valence-corrected chi connectivity index (χ3v) is 3.70. The topological polar surface area (TPSA) is 53.9 Å².